The molecule has 0 fully saturated rings. The van der Waals surface area contributed by atoms with Crippen molar-refractivity contribution in [3.8, 4) is 17.3 Å². The summed E-state index contributed by atoms with van der Waals surface area (Å²) in [5, 5.41) is 13.7. The van der Waals surface area contributed by atoms with Gasteiger partial charge >= 0.3 is 0 Å². The predicted octanol–water partition coefficient (Wildman–Crippen LogP) is 2.96. The molecule has 3 rings (SSSR count). The van der Waals surface area contributed by atoms with Crippen molar-refractivity contribution in [2.75, 3.05) is 18.5 Å². The third kappa shape index (κ3) is 3.86. The molecule has 0 N–H and O–H groups in total. The number of aryl methyl sites for hydroxylation is 2. The number of rotatable bonds is 6. The molecule has 1 aromatic carbocycles. The minimum Gasteiger partial charge on any atom is -0.357 e. The second kappa shape index (κ2) is 7.74. The molecule has 0 amide bonds. The Bertz CT molecular complexity index is 926. The van der Waals surface area contributed by atoms with E-state index in [1.807, 2.05) is 29.7 Å². The third-order valence-electron chi connectivity index (χ3n) is 4.14. The minimum atomic E-state index is -0.250. The van der Waals surface area contributed by atoms with Crippen LogP contribution < -0.4 is 4.90 Å². The topological polar surface area (TPSA) is 70.6 Å². The molecule has 0 saturated carbocycles. The van der Waals surface area contributed by atoms with Crippen LogP contribution in [0.3, 0.4) is 0 Å². The average molecular weight is 350 g/mol. The molecule has 0 spiro atoms. The average Bonchev–Trinajstić information content (AvgIpc) is 3.02. The molecular weight excluding hydrogens is 331 g/mol. The van der Waals surface area contributed by atoms with Crippen LogP contribution in [0, 0.1) is 17.1 Å². The van der Waals surface area contributed by atoms with E-state index in [9.17, 15) is 4.39 Å². The smallest absolute Gasteiger partial charge is 0.183 e. The van der Waals surface area contributed by atoms with Gasteiger partial charge in [0.25, 0.3) is 0 Å². The van der Waals surface area contributed by atoms with Crippen LogP contribution in [-0.4, -0.2) is 33.3 Å². The maximum absolute atomic E-state index is 13.1. The number of anilines is 1. The van der Waals surface area contributed by atoms with Crippen molar-refractivity contribution >= 4 is 5.82 Å². The molecule has 0 bridgehead atoms. The molecule has 0 saturated heterocycles. The van der Waals surface area contributed by atoms with Gasteiger partial charge in [0.15, 0.2) is 11.5 Å². The zero-order valence-electron chi connectivity index (χ0n) is 14.7. The van der Waals surface area contributed by atoms with Crippen molar-refractivity contribution in [2.24, 2.45) is 7.05 Å². The normalized spacial score (nSPS) is 10.5. The summed E-state index contributed by atoms with van der Waals surface area (Å²) in [5.41, 5.74) is 3.18. The molecule has 132 valence electrons. The summed E-state index contributed by atoms with van der Waals surface area (Å²) in [7, 11) is 3.78. The van der Waals surface area contributed by atoms with Crippen molar-refractivity contribution in [3.05, 3.63) is 59.9 Å². The number of hydrogen-bond donors (Lipinski definition) is 0. The first-order valence-electron chi connectivity index (χ1n) is 8.29. The fraction of sp³-hybridized carbons (Fsp3) is 0.263. The van der Waals surface area contributed by atoms with Crippen molar-refractivity contribution in [1.82, 2.24) is 19.7 Å². The van der Waals surface area contributed by atoms with Gasteiger partial charge in [-0.3, -0.25) is 4.68 Å². The third-order valence-corrected chi connectivity index (χ3v) is 4.14. The van der Waals surface area contributed by atoms with Gasteiger partial charge in [-0.1, -0.05) is 0 Å². The highest BCUT2D eigenvalue weighted by molar-refractivity contribution is 5.59. The Morgan fingerprint density at radius 2 is 1.92 bits per heavy atom. The first-order valence-corrected chi connectivity index (χ1v) is 8.29. The molecule has 6 nitrogen and oxygen atoms in total. The summed E-state index contributed by atoms with van der Waals surface area (Å²) < 4.78 is 14.9. The summed E-state index contributed by atoms with van der Waals surface area (Å²) in [5.74, 6) is 0.336. The summed E-state index contributed by atoms with van der Waals surface area (Å²) >= 11 is 0. The van der Waals surface area contributed by atoms with Gasteiger partial charge in [0.05, 0.1) is 11.4 Å². The van der Waals surface area contributed by atoms with Gasteiger partial charge in [0.2, 0.25) is 0 Å². The molecule has 0 atom stereocenters. The van der Waals surface area contributed by atoms with Gasteiger partial charge in [-0.05, 0) is 48.7 Å². The van der Waals surface area contributed by atoms with Crippen molar-refractivity contribution in [3.63, 3.8) is 0 Å². The van der Waals surface area contributed by atoms with E-state index in [-0.39, 0.29) is 5.82 Å². The highest BCUT2D eigenvalue weighted by Crippen LogP contribution is 2.21. The number of hydrogen-bond acceptors (Lipinski definition) is 5. The first kappa shape index (κ1) is 17.5. The zero-order chi connectivity index (χ0) is 18.5. The predicted molar refractivity (Wildman–Crippen MR) is 96.9 cm³/mol. The minimum absolute atomic E-state index is 0.250. The highest BCUT2D eigenvalue weighted by Gasteiger charge is 2.11. The van der Waals surface area contributed by atoms with E-state index in [2.05, 4.69) is 21.1 Å². The largest absolute Gasteiger partial charge is 0.357 e. The maximum atomic E-state index is 13.1. The van der Waals surface area contributed by atoms with E-state index < -0.39 is 0 Å². The lowest BCUT2D eigenvalue weighted by molar-refractivity contribution is 0.628. The number of nitriles is 1. The molecule has 0 aliphatic rings. The molecule has 0 radical (unpaired) electrons. The second-order valence-electron chi connectivity index (χ2n) is 6.02. The van der Waals surface area contributed by atoms with Crippen molar-refractivity contribution in [1.29, 1.82) is 5.26 Å². The highest BCUT2D eigenvalue weighted by atomic mass is 19.1. The lowest BCUT2D eigenvalue weighted by atomic mass is 10.1. The van der Waals surface area contributed by atoms with Crippen molar-refractivity contribution < 1.29 is 4.39 Å². The number of aromatic nitrogens is 4. The molecule has 26 heavy (non-hydrogen) atoms. The van der Waals surface area contributed by atoms with Crippen LogP contribution >= 0.6 is 0 Å². The van der Waals surface area contributed by atoms with Crippen LogP contribution in [0.5, 0.6) is 0 Å². The Balaban J connectivity index is 1.63. The molecule has 3 aromatic rings. The Morgan fingerprint density at radius 3 is 2.65 bits per heavy atom. The number of benzene rings is 1. The van der Waals surface area contributed by atoms with E-state index in [4.69, 9.17) is 5.26 Å². The zero-order valence-corrected chi connectivity index (χ0v) is 14.7. The van der Waals surface area contributed by atoms with E-state index in [0.29, 0.717) is 11.5 Å². The van der Waals surface area contributed by atoms with E-state index in [1.54, 1.807) is 18.3 Å². The fourth-order valence-electron chi connectivity index (χ4n) is 2.83. The SMILES string of the molecule is CN(CCCc1cc(-c2ccc(F)cc2)n(C)n1)c1nccnc1C#N. The van der Waals surface area contributed by atoms with E-state index in [1.165, 1.54) is 18.3 Å². The van der Waals surface area contributed by atoms with Gasteiger partial charge in [0, 0.05) is 33.0 Å². The maximum Gasteiger partial charge on any atom is 0.183 e. The summed E-state index contributed by atoms with van der Waals surface area (Å²) in [4.78, 5) is 10.2. The van der Waals surface area contributed by atoms with Crippen LogP contribution in [0.15, 0.2) is 42.7 Å². The Kier molecular flexibility index (Phi) is 5.23. The standard InChI is InChI=1S/C19H19FN6/c1-25(19-17(13-21)22-9-10-23-19)11-3-4-16-12-18(26(2)24-16)14-5-7-15(20)8-6-14/h5-10,12H,3-4,11H2,1-2H3. The fourth-order valence-corrected chi connectivity index (χ4v) is 2.83. The molecule has 0 unspecified atom stereocenters. The Morgan fingerprint density at radius 1 is 1.19 bits per heavy atom. The molecule has 0 aliphatic carbocycles. The molecule has 2 heterocycles. The monoisotopic (exact) mass is 350 g/mol. The number of nitrogens with zero attached hydrogens (tertiary/aromatic N) is 6. The van der Waals surface area contributed by atoms with E-state index in [0.717, 1.165) is 36.3 Å². The molecule has 0 aliphatic heterocycles. The lowest BCUT2D eigenvalue weighted by Gasteiger charge is -2.17. The molecular formula is C19H19FN6. The summed E-state index contributed by atoms with van der Waals surface area (Å²) in [6, 6.07) is 10.5. The van der Waals surface area contributed by atoms with Gasteiger partial charge in [0.1, 0.15) is 11.9 Å². The molecule has 7 heteroatoms. The van der Waals surface area contributed by atoms with Crippen LogP contribution in [0.25, 0.3) is 11.3 Å². The summed E-state index contributed by atoms with van der Waals surface area (Å²) in [6.45, 7) is 0.732. The summed E-state index contributed by atoms with van der Waals surface area (Å²) in [6.07, 6.45) is 4.75. The second-order valence-corrected chi connectivity index (χ2v) is 6.02. The van der Waals surface area contributed by atoms with E-state index >= 15 is 0 Å². The molecule has 2 aromatic heterocycles. The van der Waals surface area contributed by atoms with Crippen LogP contribution in [-0.2, 0) is 13.5 Å². The number of halogens is 1. The Hall–Kier alpha value is -3.27. The first-order chi connectivity index (χ1) is 12.6. The van der Waals surface area contributed by atoms with Gasteiger partial charge in [-0.15, -0.1) is 0 Å². The van der Waals surface area contributed by atoms with Crippen LogP contribution in [0.2, 0.25) is 0 Å². The van der Waals surface area contributed by atoms with Crippen LogP contribution in [0.4, 0.5) is 10.2 Å². The van der Waals surface area contributed by atoms with Gasteiger partial charge in [-0.25, -0.2) is 14.4 Å². The van der Waals surface area contributed by atoms with Crippen molar-refractivity contribution in [2.45, 2.75) is 12.8 Å². The quantitative estimate of drug-likeness (QED) is 0.683. The van der Waals surface area contributed by atoms with Crippen LogP contribution in [0.1, 0.15) is 17.8 Å². The van der Waals surface area contributed by atoms with Gasteiger partial charge in [-0.2, -0.15) is 10.4 Å². The van der Waals surface area contributed by atoms with Gasteiger partial charge < -0.3 is 4.90 Å². The Labute approximate surface area is 151 Å². The lowest BCUT2D eigenvalue weighted by Crippen LogP contribution is -2.21.